The summed E-state index contributed by atoms with van der Waals surface area (Å²) < 4.78 is 5.85. The molecule has 2 saturated heterocycles. The molecule has 3 aliphatic rings. The van der Waals surface area contributed by atoms with Gasteiger partial charge < -0.3 is 19.4 Å². The van der Waals surface area contributed by atoms with Crippen LogP contribution in [0.15, 0.2) is 18.2 Å². The summed E-state index contributed by atoms with van der Waals surface area (Å²) in [4.78, 5) is 31.8. The minimum Gasteiger partial charge on any atom is -0.491 e. The molecule has 0 spiro atoms. The maximum Gasteiger partial charge on any atom is 0.258 e. The van der Waals surface area contributed by atoms with Crippen LogP contribution in [0.4, 0.5) is 0 Å². The van der Waals surface area contributed by atoms with Crippen molar-refractivity contribution in [1.82, 2.24) is 14.7 Å². The number of fused-ring (bicyclic) bond motifs is 2. The average Bonchev–Trinajstić information content (AvgIpc) is 3.09. The van der Waals surface area contributed by atoms with Gasteiger partial charge in [-0.25, -0.2) is 0 Å². The van der Waals surface area contributed by atoms with Crippen LogP contribution in [0.3, 0.4) is 0 Å². The smallest absolute Gasteiger partial charge is 0.258 e. The number of ether oxygens (including phenoxy) is 1. The largest absolute Gasteiger partial charge is 0.491 e. The molecule has 0 radical (unpaired) electrons. The zero-order valence-corrected chi connectivity index (χ0v) is 14.7. The third kappa shape index (κ3) is 2.99. The van der Waals surface area contributed by atoms with Gasteiger partial charge in [0.1, 0.15) is 12.4 Å². The second-order valence-corrected chi connectivity index (χ2v) is 7.04. The Balaban J connectivity index is 1.56. The van der Waals surface area contributed by atoms with Crippen molar-refractivity contribution >= 4 is 11.8 Å². The van der Waals surface area contributed by atoms with E-state index in [1.165, 1.54) is 0 Å². The molecule has 1 aromatic carbocycles. The van der Waals surface area contributed by atoms with Crippen molar-refractivity contribution in [2.75, 3.05) is 45.9 Å². The summed E-state index contributed by atoms with van der Waals surface area (Å²) in [6.45, 7) is 7.78. The molecule has 1 aromatic rings. The first kappa shape index (κ1) is 16.4. The lowest BCUT2D eigenvalue weighted by molar-refractivity contribution is 0.0643. The van der Waals surface area contributed by atoms with Crippen molar-refractivity contribution in [3.8, 4) is 5.75 Å². The van der Waals surface area contributed by atoms with Crippen LogP contribution in [0, 0.1) is 0 Å². The van der Waals surface area contributed by atoms with Crippen molar-refractivity contribution in [3.63, 3.8) is 0 Å². The molecule has 1 atom stereocenters. The van der Waals surface area contributed by atoms with E-state index in [1.54, 1.807) is 18.2 Å². The lowest BCUT2D eigenvalue weighted by atomic mass is 10.1. The SMILES string of the molecule is CCN1CCN(C(=O)c2ccc3c(c2)C(=O)N2CCC[C@H]2CO3)CC1. The van der Waals surface area contributed by atoms with E-state index in [2.05, 4.69) is 11.8 Å². The summed E-state index contributed by atoms with van der Waals surface area (Å²) in [7, 11) is 0. The molecule has 0 aromatic heterocycles. The maximum absolute atomic E-state index is 12.9. The van der Waals surface area contributed by atoms with E-state index < -0.39 is 0 Å². The minimum absolute atomic E-state index is 0.000419. The van der Waals surface area contributed by atoms with Crippen LogP contribution in [0.25, 0.3) is 0 Å². The molecule has 3 heterocycles. The standard InChI is InChI=1S/C19H25N3O3/c1-2-20-8-10-21(11-9-20)18(23)14-5-6-17-16(12-14)19(24)22-7-3-4-15(22)13-25-17/h5-6,12,15H,2-4,7-11,13H2,1H3/t15-/m0/s1. The van der Waals surface area contributed by atoms with Crippen LogP contribution in [0.2, 0.25) is 0 Å². The molecule has 0 bridgehead atoms. The number of carbonyl (C=O) groups excluding carboxylic acids is 2. The van der Waals surface area contributed by atoms with E-state index in [-0.39, 0.29) is 17.9 Å². The van der Waals surface area contributed by atoms with Crippen molar-refractivity contribution < 1.29 is 14.3 Å². The number of piperazine rings is 1. The van der Waals surface area contributed by atoms with Crippen LogP contribution >= 0.6 is 0 Å². The summed E-state index contributed by atoms with van der Waals surface area (Å²) in [6.07, 6.45) is 2.02. The number of rotatable bonds is 2. The Kier molecular flexibility index (Phi) is 4.37. The summed E-state index contributed by atoms with van der Waals surface area (Å²) in [5.74, 6) is 0.612. The Labute approximate surface area is 148 Å². The molecule has 25 heavy (non-hydrogen) atoms. The highest BCUT2D eigenvalue weighted by Crippen LogP contribution is 2.30. The minimum atomic E-state index is 0.000419. The van der Waals surface area contributed by atoms with Crippen LogP contribution in [-0.4, -0.2) is 78.4 Å². The summed E-state index contributed by atoms with van der Waals surface area (Å²) in [5, 5.41) is 0. The number of hydrogen-bond acceptors (Lipinski definition) is 4. The summed E-state index contributed by atoms with van der Waals surface area (Å²) >= 11 is 0. The van der Waals surface area contributed by atoms with Gasteiger partial charge in [-0.1, -0.05) is 6.92 Å². The van der Waals surface area contributed by atoms with Crippen molar-refractivity contribution in [2.24, 2.45) is 0 Å². The van der Waals surface area contributed by atoms with Crippen LogP contribution in [0.5, 0.6) is 5.75 Å². The summed E-state index contributed by atoms with van der Waals surface area (Å²) in [5.41, 5.74) is 1.11. The quantitative estimate of drug-likeness (QED) is 0.816. The molecule has 6 nitrogen and oxygen atoms in total. The summed E-state index contributed by atoms with van der Waals surface area (Å²) in [6, 6.07) is 5.47. The van der Waals surface area contributed by atoms with E-state index >= 15 is 0 Å². The molecule has 134 valence electrons. The lowest BCUT2D eigenvalue weighted by Gasteiger charge is -2.34. The second kappa shape index (κ2) is 6.67. The van der Waals surface area contributed by atoms with Gasteiger partial charge >= 0.3 is 0 Å². The van der Waals surface area contributed by atoms with E-state index in [0.717, 1.165) is 52.1 Å². The lowest BCUT2D eigenvalue weighted by Crippen LogP contribution is -2.48. The Morgan fingerprint density at radius 2 is 2.00 bits per heavy atom. The van der Waals surface area contributed by atoms with Crippen molar-refractivity contribution in [1.29, 1.82) is 0 Å². The average molecular weight is 343 g/mol. The van der Waals surface area contributed by atoms with Crippen LogP contribution in [-0.2, 0) is 0 Å². The molecule has 0 saturated carbocycles. The Bertz CT molecular complexity index is 682. The molecule has 0 aliphatic carbocycles. The topological polar surface area (TPSA) is 53.1 Å². The maximum atomic E-state index is 12.9. The van der Waals surface area contributed by atoms with E-state index in [9.17, 15) is 9.59 Å². The zero-order chi connectivity index (χ0) is 17.4. The third-order valence-corrected chi connectivity index (χ3v) is 5.63. The highest BCUT2D eigenvalue weighted by Gasteiger charge is 2.35. The van der Waals surface area contributed by atoms with Gasteiger partial charge in [0.15, 0.2) is 0 Å². The highest BCUT2D eigenvalue weighted by atomic mass is 16.5. The molecule has 0 N–H and O–H groups in total. The number of likely N-dealkylation sites (N-methyl/N-ethyl adjacent to an activating group) is 1. The molecule has 2 fully saturated rings. The van der Waals surface area contributed by atoms with Gasteiger partial charge in [-0.2, -0.15) is 0 Å². The first-order valence-corrected chi connectivity index (χ1v) is 9.27. The predicted octanol–water partition coefficient (Wildman–Crippen LogP) is 1.46. The van der Waals surface area contributed by atoms with Gasteiger partial charge in [-0.3, -0.25) is 9.59 Å². The third-order valence-electron chi connectivity index (χ3n) is 5.63. The molecular formula is C19H25N3O3. The van der Waals surface area contributed by atoms with E-state index in [1.807, 2.05) is 9.80 Å². The number of carbonyl (C=O) groups is 2. The second-order valence-electron chi connectivity index (χ2n) is 7.04. The van der Waals surface area contributed by atoms with Gasteiger partial charge in [-0.05, 0) is 37.6 Å². The number of nitrogens with zero attached hydrogens (tertiary/aromatic N) is 3. The Morgan fingerprint density at radius 1 is 1.20 bits per heavy atom. The number of hydrogen-bond donors (Lipinski definition) is 0. The molecule has 6 heteroatoms. The first-order chi connectivity index (χ1) is 12.2. The molecule has 3 aliphatic heterocycles. The van der Waals surface area contributed by atoms with Gasteiger partial charge in [0.25, 0.3) is 11.8 Å². The van der Waals surface area contributed by atoms with Crippen LogP contribution < -0.4 is 4.74 Å². The van der Waals surface area contributed by atoms with Gasteiger partial charge in [0, 0.05) is 38.3 Å². The fourth-order valence-corrected chi connectivity index (χ4v) is 4.02. The number of benzene rings is 1. The Hall–Kier alpha value is -2.08. The molecule has 2 amide bonds. The molecular weight excluding hydrogens is 318 g/mol. The highest BCUT2D eigenvalue weighted by molar-refractivity contribution is 6.02. The first-order valence-electron chi connectivity index (χ1n) is 9.27. The van der Waals surface area contributed by atoms with Crippen molar-refractivity contribution in [2.45, 2.75) is 25.8 Å². The fourth-order valence-electron chi connectivity index (χ4n) is 4.02. The van der Waals surface area contributed by atoms with Gasteiger partial charge in [0.05, 0.1) is 11.6 Å². The predicted molar refractivity (Wildman–Crippen MR) is 94.0 cm³/mol. The Morgan fingerprint density at radius 3 is 2.76 bits per heavy atom. The fraction of sp³-hybridized carbons (Fsp3) is 0.579. The normalized spacial score (nSPS) is 23.7. The van der Waals surface area contributed by atoms with E-state index in [0.29, 0.717) is 23.5 Å². The monoisotopic (exact) mass is 343 g/mol. The van der Waals surface area contributed by atoms with Crippen molar-refractivity contribution in [3.05, 3.63) is 29.3 Å². The number of amides is 2. The zero-order valence-electron chi connectivity index (χ0n) is 14.7. The van der Waals surface area contributed by atoms with Crippen LogP contribution in [0.1, 0.15) is 40.5 Å². The molecule has 0 unspecified atom stereocenters. The van der Waals surface area contributed by atoms with E-state index in [4.69, 9.17) is 4.74 Å². The van der Waals surface area contributed by atoms with Gasteiger partial charge in [0.2, 0.25) is 0 Å². The molecule has 4 rings (SSSR count). The van der Waals surface area contributed by atoms with Gasteiger partial charge in [-0.15, -0.1) is 0 Å².